The van der Waals surface area contributed by atoms with Gasteiger partial charge in [-0.3, -0.25) is 0 Å². The molecule has 0 bridgehead atoms. The van der Waals surface area contributed by atoms with Crippen molar-refractivity contribution in [1.29, 1.82) is 0 Å². The molecule has 0 saturated carbocycles. The molecule has 2 atom stereocenters. The van der Waals surface area contributed by atoms with E-state index in [1.807, 2.05) is 13.0 Å². The first-order valence-corrected chi connectivity index (χ1v) is 6.48. The lowest BCUT2D eigenvalue weighted by atomic mass is 9.93. The highest BCUT2D eigenvalue weighted by Gasteiger charge is 2.20. The smallest absolute Gasteiger partial charge is 0.122 e. The van der Waals surface area contributed by atoms with Crippen LogP contribution in [-0.4, -0.2) is 20.3 Å². The van der Waals surface area contributed by atoms with Gasteiger partial charge in [0, 0.05) is 7.11 Å². The van der Waals surface area contributed by atoms with Gasteiger partial charge in [-0.2, -0.15) is 0 Å². The first kappa shape index (κ1) is 15.0. The summed E-state index contributed by atoms with van der Waals surface area (Å²) in [4.78, 5) is 0. The Balaban J connectivity index is 3.04. The van der Waals surface area contributed by atoms with Gasteiger partial charge >= 0.3 is 0 Å². The Hall–Kier alpha value is -1.06. The fourth-order valence-electron chi connectivity index (χ4n) is 2.32. The number of hydrogen-bond donors (Lipinski definition) is 1. The molecule has 0 spiro atoms. The van der Waals surface area contributed by atoms with E-state index in [1.165, 1.54) is 0 Å². The fraction of sp³-hybridized carbons (Fsp3) is 0.600. The van der Waals surface area contributed by atoms with Crippen LogP contribution in [0.1, 0.15) is 42.5 Å². The van der Waals surface area contributed by atoms with Gasteiger partial charge in [0.1, 0.15) is 5.75 Å². The van der Waals surface area contributed by atoms with Crippen molar-refractivity contribution < 1.29 is 9.47 Å². The number of benzene rings is 1. The third-order valence-corrected chi connectivity index (χ3v) is 3.42. The molecule has 0 aliphatic carbocycles. The van der Waals surface area contributed by atoms with Crippen LogP contribution in [0.2, 0.25) is 0 Å². The van der Waals surface area contributed by atoms with Gasteiger partial charge in [-0.25, -0.2) is 0 Å². The molecule has 102 valence electrons. The summed E-state index contributed by atoms with van der Waals surface area (Å²) < 4.78 is 10.8. The molecule has 0 fully saturated rings. The van der Waals surface area contributed by atoms with Gasteiger partial charge in [0.2, 0.25) is 0 Å². The van der Waals surface area contributed by atoms with Crippen LogP contribution in [0.15, 0.2) is 12.1 Å². The summed E-state index contributed by atoms with van der Waals surface area (Å²) in [5, 5.41) is 0. The Labute approximate surface area is 110 Å². The fourth-order valence-corrected chi connectivity index (χ4v) is 2.32. The predicted octanol–water partition coefficient (Wildman–Crippen LogP) is 3.13. The van der Waals surface area contributed by atoms with Crippen LogP contribution in [0.25, 0.3) is 0 Å². The summed E-state index contributed by atoms with van der Waals surface area (Å²) >= 11 is 0. The maximum atomic E-state index is 6.33. The van der Waals surface area contributed by atoms with Crippen LogP contribution in [0.3, 0.4) is 0 Å². The van der Waals surface area contributed by atoms with E-state index in [-0.39, 0.29) is 12.1 Å². The molecule has 1 aromatic carbocycles. The maximum absolute atomic E-state index is 6.33. The Morgan fingerprint density at radius 2 is 1.83 bits per heavy atom. The molecule has 18 heavy (non-hydrogen) atoms. The molecular weight excluding hydrogens is 226 g/mol. The van der Waals surface area contributed by atoms with Gasteiger partial charge in [-0.1, -0.05) is 19.4 Å². The van der Waals surface area contributed by atoms with Crippen molar-refractivity contribution in [2.45, 2.75) is 45.8 Å². The number of ether oxygens (including phenoxy) is 2. The Morgan fingerprint density at radius 1 is 1.17 bits per heavy atom. The Kier molecular flexibility index (Phi) is 5.63. The zero-order valence-corrected chi connectivity index (χ0v) is 12.1. The highest BCUT2D eigenvalue weighted by molar-refractivity contribution is 5.43. The van der Waals surface area contributed by atoms with Crippen LogP contribution in [0.5, 0.6) is 5.75 Å². The summed E-state index contributed by atoms with van der Waals surface area (Å²) in [5.74, 6) is 0.910. The van der Waals surface area contributed by atoms with E-state index in [1.54, 1.807) is 14.2 Å². The first-order valence-electron chi connectivity index (χ1n) is 6.48. The van der Waals surface area contributed by atoms with Crippen molar-refractivity contribution in [3.8, 4) is 5.75 Å². The van der Waals surface area contributed by atoms with Crippen LogP contribution in [0.4, 0.5) is 0 Å². The number of methoxy groups -OCH3 is 2. The van der Waals surface area contributed by atoms with Crippen molar-refractivity contribution in [3.05, 3.63) is 28.8 Å². The van der Waals surface area contributed by atoms with Crippen LogP contribution < -0.4 is 10.5 Å². The summed E-state index contributed by atoms with van der Waals surface area (Å²) in [7, 11) is 3.42. The second kappa shape index (κ2) is 6.76. The number of hydrogen-bond acceptors (Lipinski definition) is 3. The van der Waals surface area contributed by atoms with Gasteiger partial charge in [0.15, 0.2) is 0 Å². The third-order valence-electron chi connectivity index (χ3n) is 3.42. The average Bonchev–Trinajstić information content (AvgIpc) is 2.37. The zero-order valence-electron chi connectivity index (χ0n) is 12.1. The third kappa shape index (κ3) is 3.24. The molecule has 2 unspecified atom stereocenters. The van der Waals surface area contributed by atoms with Crippen molar-refractivity contribution in [1.82, 2.24) is 0 Å². The summed E-state index contributed by atoms with van der Waals surface area (Å²) in [6.45, 7) is 6.25. The topological polar surface area (TPSA) is 44.5 Å². The molecular formula is C15H25NO2. The van der Waals surface area contributed by atoms with Gasteiger partial charge in [-0.05, 0) is 43.0 Å². The largest absolute Gasteiger partial charge is 0.496 e. The van der Waals surface area contributed by atoms with E-state index >= 15 is 0 Å². The normalized spacial score (nSPS) is 14.3. The molecule has 0 amide bonds. The summed E-state index contributed by atoms with van der Waals surface area (Å²) in [6, 6.07) is 4.07. The summed E-state index contributed by atoms with van der Waals surface area (Å²) in [5.41, 5.74) is 9.74. The summed E-state index contributed by atoms with van der Waals surface area (Å²) in [6.07, 6.45) is 2.12. The SMILES string of the molecule is CCCC(OC)C(N)c1cc(C)c(OC)cc1C. The first-order chi connectivity index (χ1) is 8.54. The Morgan fingerprint density at radius 3 is 2.33 bits per heavy atom. The number of nitrogens with two attached hydrogens (primary N) is 1. The molecule has 1 rings (SSSR count). The van der Waals surface area contributed by atoms with Gasteiger partial charge in [0.25, 0.3) is 0 Å². The second-order valence-corrected chi connectivity index (χ2v) is 4.77. The van der Waals surface area contributed by atoms with Crippen molar-refractivity contribution in [2.24, 2.45) is 5.73 Å². The minimum absolute atomic E-state index is 0.0708. The van der Waals surface area contributed by atoms with Gasteiger partial charge < -0.3 is 15.2 Å². The van der Waals surface area contributed by atoms with E-state index in [4.69, 9.17) is 15.2 Å². The van der Waals surface area contributed by atoms with Crippen molar-refractivity contribution in [3.63, 3.8) is 0 Å². The van der Waals surface area contributed by atoms with Gasteiger partial charge in [0.05, 0.1) is 19.3 Å². The molecule has 2 N–H and O–H groups in total. The quantitative estimate of drug-likeness (QED) is 0.844. The van der Waals surface area contributed by atoms with Crippen molar-refractivity contribution >= 4 is 0 Å². The highest BCUT2D eigenvalue weighted by Crippen LogP contribution is 2.28. The number of rotatable bonds is 6. The van der Waals surface area contributed by atoms with Crippen LogP contribution in [-0.2, 0) is 4.74 Å². The zero-order chi connectivity index (χ0) is 13.7. The predicted molar refractivity (Wildman–Crippen MR) is 75.1 cm³/mol. The minimum atomic E-state index is -0.0837. The van der Waals surface area contributed by atoms with Crippen LogP contribution in [0, 0.1) is 13.8 Å². The molecule has 0 aromatic heterocycles. The van der Waals surface area contributed by atoms with Gasteiger partial charge in [-0.15, -0.1) is 0 Å². The molecule has 1 aromatic rings. The highest BCUT2D eigenvalue weighted by atomic mass is 16.5. The lowest BCUT2D eigenvalue weighted by molar-refractivity contribution is 0.0723. The molecule has 0 radical (unpaired) electrons. The monoisotopic (exact) mass is 251 g/mol. The molecule has 0 aliphatic rings. The van der Waals surface area contributed by atoms with Crippen molar-refractivity contribution in [2.75, 3.05) is 14.2 Å². The lowest BCUT2D eigenvalue weighted by Crippen LogP contribution is -2.28. The number of aryl methyl sites for hydroxylation is 2. The molecule has 0 heterocycles. The van der Waals surface area contributed by atoms with E-state index in [0.29, 0.717) is 0 Å². The average molecular weight is 251 g/mol. The van der Waals surface area contributed by atoms with Crippen LogP contribution >= 0.6 is 0 Å². The van der Waals surface area contributed by atoms with E-state index in [2.05, 4.69) is 19.9 Å². The molecule has 3 heteroatoms. The minimum Gasteiger partial charge on any atom is -0.496 e. The van der Waals surface area contributed by atoms with E-state index in [0.717, 1.165) is 35.3 Å². The van der Waals surface area contributed by atoms with E-state index < -0.39 is 0 Å². The van der Waals surface area contributed by atoms with E-state index in [9.17, 15) is 0 Å². The lowest BCUT2D eigenvalue weighted by Gasteiger charge is -2.24. The second-order valence-electron chi connectivity index (χ2n) is 4.77. The molecule has 0 saturated heterocycles. The maximum Gasteiger partial charge on any atom is 0.122 e. The molecule has 0 aliphatic heterocycles. The standard InChI is InChI=1S/C15H25NO2/c1-6-7-13(17-4)15(16)12-8-11(3)14(18-5)9-10(12)2/h8-9,13,15H,6-7,16H2,1-5H3. The Bertz CT molecular complexity index is 390. The molecule has 3 nitrogen and oxygen atoms in total.